The second-order valence-corrected chi connectivity index (χ2v) is 5.22. The molecule has 1 heterocycles. The van der Waals surface area contributed by atoms with Crippen LogP contribution in [0.1, 0.15) is 32.5 Å². The van der Waals surface area contributed by atoms with E-state index in [0.717, 1.165) is 35.9 Å². The van der Waals surface area contributed by atoms with Crippen molar-refractivity contribution in [3.8, 4) is 0 Å². The van der Waals surface area contributed by atoms with Gasteiger partial charge in [-0.25, -0.2) is 9.97 Å². The summed E-state index contributed by atoms with van der Waals surface area (Å²) >= 11 is 3.41. The number of nitrogens with zero attached hydrogens (tertiary/aromatic N) is 3. The van der Waals surface area contributed by atoms with Crippen molar-refractivity contribution in [2.24, 2.45) is 0 Å². The van der Waals surface area contributed by atoms with Crippen molar-refractivity contribution in [3.63, 3.8) is 0 Å². The van der Waals surface area contributed by atoms with Crippen LogP contribution in [0.15, 0.2) is 10.7 Å². The fourth-order valence-electron chi connectivity index (χ4n) is 1.32. The molecule has 0 bridgehead atoms. The first kappa shape index (κ1) is 14.4. The minimum atomic E-state index is 0.339. The minimum absolute atomic E-state index is 0.339. The molecule has 0 aliphatic carbocycles. The number of hydrogen-bond donors (Lipinski definition) is 1. The lowest BCUT2D eigenvalue weighted by Gasteiger charge is -2.15. The summed E-state index contributed by atoms with van der Waals surface area (Å²) in [6.45, 7) is 9.30. The summed E-state index contributed by atoms with van der Waals surface area (Å²) < 4.78 is 0.836. The number of halogens is 1. The van der Waals surface area contributed by atoms with Crippen LogP contribution in [-0.4, -0.2) is 41.5 Å². The highest BCUT2D eigenvalue weighted by Gasteiger charge is 2.06. The number of aromatic nitrogens is 2. The molecule has 1 aromatic heterocycles. The van der Waals surface area contributed by atoms with Crippen molar-refractivity contribution >= 4 is 21.7 Å². The van der Waals surface area contributed by atoms with Crippen molar-refractivity contribution in [1.82, 2.24) is 14.9 Å². The van der Waals surface area contributed by atoms with Gasteiger partial charge in [-0.15, -0.1) is 0 Å². The number of anilines is 1. The van der Waals surface area contributed by atoms with Gasteiger partial charge in [-0.3, -0.25) is 0 Å². The summed E-state index contributed by atoms with van der Waals surface area (Å²) in [6.07, 6.45) is 0. The van der Waals surface area contributed by atoms with Gasteiger partial charge in [0.15, 0.2) is 0 Å². The third kappa shape index (κ3) is 5.00. The Hall–Kier alpha value is -0.680. The van der Waals surface area contributed by atoms with Crippen LogP contribution in [0.25, 0.3) is 0 Å². The van der Waals surface area contributed by atoms with Gasteiger partial charge in [0, 0.05) is 25.1 Å². The zero-order valence-corrected chi connectivity index (χ0v) is 12.6. The van der Waals surface area contributed by atoms with Gasteiger partial charge in [-0.1, -0.05) is 20.8 Å². The van der Waals surface area contributed by atoms with Gasteiger partial charge in [-0.2, -0.15) is 0 Å². The molecule has 0 saturated heterocycles. The molecule has 0 unspecified atom stereocenters. The van der Waals surface area contributed by atoms with Crippen molar-refractivity contribution in [2.45, 2.75) is 26.7 Å². The third-order valence-corrected chi connectivity index (χ3v) is 2.97. The fourth-order valence-corrected chi connectivity index (χ4v) is 1.72. The van der Waals surface area contributed by atoms with Gasteiger partial charge in [0.05, 0.1) is 0 Å². The van der Waals surface area contributed by atoms with Crippen LogP contribution in [0.4, 0.5) is 5.82 Å². The summed E-state index contributed by atoms with van der Waals surface area (Å²) in [7, 11) is 2.11. The molecule has 0 aromatic carbocycles. The SMILES string of the molecule is CCN(C)CCNc1cc(Br)nc(C(C)C)n1. The van der Waals surface area contributed by atoms with Crippen molar-refractivity contribution in [2.75, 3.05) is 32.0 Å². The molecular weight excluding hydrogens is 280 g/mol. The Morgan fingerprint density at radius 1 is 1.41 bits per heavy atom. The minimum Gasteiger partial charge on any atom is -0.369 e. The molecule has 5 heteroatoms. The van der Waals surface area contributed by atoms with E-state index in [0.29, 0.717) is 5.92 Å². The normalized spacial score (nSPS) is 11.2. The molecule has 1 aromatic rings. The Labute approximate surface area is 112 Å². The lowest BCUT2D eigenvalue weighted by molar-refractivity contribution is 0.367. The van der Waals surface area contributed by atoms with Gasteiger partial charge >= 0.3 is 0 Å². The standard InChI is InChI=1S/C12H21BrN4/c1-5-17(4)7-6-14-11-8-10(13)15-12(16-11)9(2)3/h8-9H,5-7H2,1-4H3,(H,14,15,16). The van der Waals surface area contributed by atoms with Crippen LogP contribution >= 0.6 is 15.9 Å². The fraction of sp³-hybridized carbons (Fsp3) is 0.667. The molecule has 1 rings (SSSR count). The molecule has 4 nitrogen and oxygen atoms in total. The number of likely N-dealkylation sites (N-methyl/N-ethyl adjacent to an activating group) is 1. The maximum absolute atomic E-state index is 4.49. The number of nitrogens with one attached hydrogen (secondary N) is 1. The second kappa shape index (κ2) is 6.91. The molecule has 0 atom stereocenters. The Morgan fingerprint density at radius 2 is 2.12 bits per heavy atom. The molecule has 17 heavy (non-hydrogen) atoms. The molecule has 0 aliphatic rings. The first-order valence-corrected chi connectivity index (χ1v) is 6.79. The van der Waals surface area contributed by atoms with Crippen molar-refractivity contribution in [3.05, 3.63) is 16.5 Å². The first-order valence-electron chi connectivity index (χ1n) is 5.99. The van der Waals surface area contributed by atoms with E-state index < -0.39 is 0 Å². The van der Waals surface area contributed by atoms with Crippen LogP contribution < -0.4 is 5.32 Å². The van der Waals surface area contributed by atoms with Crippen LogP contribution in [0.2, 0.25) is 0 Å². The van der Waals surface area contributed by atoms with Crippen LogP contribution in [0.5, 0.6) is 0 Å². The molecule has 0 spiro atoms. The highest BCUT2D eigenvalue weighted by Crippen LogP contribution is 2.17. The van der Waals surface area contributed by atoms with E-state index in [1.807, 2.05) is 6.07 Å². The van der Waals surface area contributed by atoms with E-state index in [4.69, 9.17) is 0 Å². The monoisotopic (exact) mass is 300 g/mol. The van der Waals surface area contributed by atoms with Gasteiger partial charge in [0.2, 0.25) is 0 Å². The summed E-state index contributed by atoms with van der Waals surface area (Å²) in [6, 6.07) is 1.91. The Balaban J connectivity index is 2.59. The summed E-state index contributed by atoms with van der Waals surface area (Å²) in [5.41, 5.74) is 0. The van der Waals surface area contributed by atoms with Gasteiger partial charge in [0.1, 0.15) is 16.2 Å². The average molecular weight is 301 g/mol. The molecule has 0 radical (unpaired) electrons. The lowest BCUT2D eigenvalue weighted by atomic mass is 10.2. The largest absolute Gasteiger partial charge is 0.369 e. The zero-order valence-electron chi connectivity index (χ0n) is 11.0. The highest BCUT2D eigenvalue weighted by atomic mass is 79.9. The van der Waals surface area contributed by atoms with E-state index in [2.05, 4.69) is 63.9 Å². The van der Waals surface area contributed by atoms with E-state index in [-0.39, 0.29) is 0 Å². The maximum Gasteiger partial charge on any atom is 0.134 e. The third-order valence-electron chi connectivity index (χ3n) is 2.57. The van der Waals surface area contributed by atoms with Crippen molar-refractivity contribution < 1.29 is 0 Å². The highest BCUT2D eigenvalue weighted by molar-refractivity contribution is 9.10. The number of hydrogen-bond acceptors (Lipinski definition) is 4. The lowest BCUT2D eigenvalue weighted by Crippen LogP contribution is -2.25. The molecule has 0 amide bonds. The van der Waals surface area contributed by atoms with Gasteiger partial charge in [0.25, 0.3) is 0 Å². The summed E-state index contributed by atoms with van der Waals surface area (Å²) in [5.74, 6) is 2.09. The van der Waals surface area contributed by atoms with Crippen LogP contribution in [0.3, 0.4) is 0 Å². The maximum atomic E-state index is 4.49. The quantitative estimate of drug-likeness (QED) is 0.820. The average Bonchev–Trinajstić information content (AvgIpc) is 2.28. The Kier molecular flexibility index (Phi) is 5.85. The summed E-state index contributed by atoms with van der Waals surface area (Å²) in [5, 5.41) is 3.32. The van der Waals surface area contributed by atoms with Crippen LogP contribution in [0, 0.1) is 0 Å². The van der Waals surface area contributed by atoms with Crippen LogP contribution in [-0.2, 0) is 0 Å². The van der Waals surface area contributed by atoms with E-state index in [1.54, 1.807) is 0 Å². The van der Waals surface area contributed by atoms with Crippen molar-refractivity contribution in [1.29, 1.82) is 0 Å². The predicted octanol–water partition coefficient (Wildman–Crippen LogP) is 2.73. The molecule has 0 fully saturated rings. The van der Waals surface area contributed by atoms with E-state index in [9.17, 15) is 0 Å². The summed E-state index contributed by atoms with van der Waals surface area (Å²) in [4.78, 5) is 11.1. The molecular formula is C12H21BrN4. The van der Waals surface area contributed by atoms with E-state index in [1.165, 1.54) is 0 Å². The first-order chi connectivity index (χ1) is 8.02. The van der Waals surface area contributed by atoms with Gasteiger partial charge < -0.3 is 10.2 Å². The smallest absolute Gasteiger partial charge is 0.134 e. The molecule has 96 valence electrons. The Bertz CT molecular complexity index is 354. The molecule has 1 N–H and O–H groups in total. The predicted molar refractivity (Wildman–Crippen MR) is 75.5 cm³/mol. The molecule has 0 saturated carbocycles. The van der Waals surface area contributed by atoms with E-state index >= 15 is 0 Å². The number of rotatable bonds is 6. The molecule has 0 aliphatic heterocycles. The topological polar surface area (TPSA) is 41.0 Å². The zero-order chi connectivity index (χ0) is 12.8. The second-order valence-electron chi connectivity index (χ2n) is 4.41. The Morgan fingerprint density at radius 3 is 2.71 bits per heavy atom. The van der Waals surface area contributed by atoms with Gasteiger partial charge in [-0.05, 0) is 29.5 Å².